The highest BCUT2D eigenvalue weighted by Crippen LogP contribution is 2.36. The lowest BCUT2D eigenvalue weighted by Crippen LogP contribution is -2.41. The summed E-state index contributed by atoms with van der Waals surface area (Å²) in [5.41, 5.74) is -0.839. The maximum atomic E-state index is 11.7. The summed E-state index contributed by atoms with van der Waals surface area (Å²) in [6, 6.07) is -0.513. The average Bonchev–Trinajstić information content (AvgIpc) is 2.36. The van der Waals surface area contributed by atoms with Crippen LogP contribution in [0.5, 0.6) is 0 Å². The van der Waals surface area contributed by atoms with Crippen LogP contribution in [0, 0.1) is 0 Å². The van der Waals surface area contributed by atoms with Crippen LogP contribution >= 0.6 is 27.9 Å². The van der Waals surface area contributed by atoms with E-state index in [9.17, 15) is 9.59 Å². The molecule has 0 radical (unpaired) electrons. The maximum absolute atomic E-state index is 11.7. The normalized spacial score (nSPS) is 26.7. The van der Waals surface area contributed by atoms with Gasteiger partial charge in [0.25, 0.3) is 5.91 Å². The maximum Gasteiger partial charge on any atom is 0.352 e. The first kappa shape index (κ1) is 12.8. The van der Waals surface area contributed by atoms with Gasteiger partial charge in [-0.15, -0.1) is 0 Å². The van der Waals surface area contributed by atoms with E-state index in [4.69, 9.17) is 11.8 Å². The molecule has 86 valence electrons. The van der Waals surface area contributed by atoms with Crippen LogP contribution in [0.25, 0.3) is 0 Å². The Hall–Kier alpha value is -0.290. The number of hydrogen-bond donors (Lipinski definition) is 0. The number of rotatable bonds is 4. The number of nitrogens with zero attached hydrogens (tertiary/aromatic N) is 2. The molecule has 0 aliphatic carbocycles. The summed E-state index contributed by atoms with van der Waals surface area (Å²) in [5.74, 6) is -0.359. The molecule has 1 aliphatic heterocycles. The Bertz CT molecular complexity index is 287. The van der Waals surface area contributed by atoms with Gasteiger partial charge >= 0.3 is 6.03 Å². The molecule has 1 aliphatic rings. The van der Waals surface area contributed by atoms with Gasteiger partial charge in [-0.3, -0.25) is 4.79 Å². The SMILES string of the molecule is CCCCCC1(C)C(=O)N(Cl)C(=O)N1Br. The largest absolute Gasteiger partial charge is 0.352 e. The Morgan fingerprint density at radius 3 is 2.40 bits per heavy atom. The van der Waals surface area contributed by atoms with Crippen molar-refractivity contribution in [3.63, 3.8) is 0 Å². The van der Waals surface area contributed by atoms with E-state index in [0.29, 0.717) is 10.8 Å². The lowest BCUT2D eigenvalue weighted by Gasteiger charge is -2.25. The van der Waals surface area contributed by atoms with Crippen LogP contribution < -0.4 is 0 Å². The molecule has 0 aromatic heterocycles. The topological polar surface area (TPSA) is 40.6 Å². The van der Waals surface area contributed by atoms with E-state index in [-0.39, 0.29) is 5.91 Å². The van der Waals surface area contributed by atoms with E-state index in [1.165, 1.54) is 3.93 Å². The smallest absolute Gasteiger partial charge is 0.270 e. The number of halogens is 2. The Kier molecular flexibility index (Phi) is 4.00. The summed E-state index contributed by atoms with van der Waals surface area (Å²) in [6.45, 7) is 3.81. The minimum absolute atomic E-state index is 0.359. The fourth-order valence-corrected chi connectivity index (χ4v) is 2.43. The van der Waals surface area contributed by atoms with Crippen molar-refractivity contribution in [2.24, 2.45) is 0 Å². The van der Waals surface area contributed by atoms with Crippen LogP contribution in [0.4, 0.5) is 4.79 Å². The van der Waals surface area contributed by atoms with E-state index >= 15 is 0 Å². The lowest BCUT2D eigenvalue weighted by atomic mass is 9.95. The minimum atomic E-state index is -0.839. The first-order valence-electron chi connectivity index (χ1n) is 4.95. The number of imide groups is 1. The van der Waals surface area contributed by atoms with Crippen LogP contribution in [0.3, 0.4) is 0 Å². The van der Waals surface area contributed by atoms with Crippen molar-refractivity contribution in [3.8, 4) is 0 Å². The van der Waals surface area contributed by atoms with Crippen molar-refractivity contribution in [3.05, 3.63) is 0 Å². The van der Waals surface area contributed by atoms with E-state index in [1.54, 1.807) is 6.92 Å². The van der Waals surface area contributed by atoms with Crippen molar-refractivity contribution in [2.75, 3.05) is 0 Å². The molecule has 4 nitrogen and oxygen atoms in total. The average molecular weight is 298 g/mol. The molecule has 1 fully saturated rings. The van der Waals surface area contributed by atoms with Gasteiger partial charge in [0.2, 0.25) is 0 Å². The van der Waals surface area contributed by atoms with Gasteiger partial charge < -0.3 is 0 Å². The van der Waals surface area contributed by atoms with Crippen LogP contribution in [-0.4, -0.2) is 25.8 Å². The fraction of sp³-hybridized carbons (Fsp3) is 0.778. The highest BCUT2D eigenvalue weighted by atomic mass is 79.9. The monoisotopic (exact) mass is 296 g/mol. The van der Waals surface area contributed by atoms with Crippen molar-refractivity contribution in [1.29, 1.82) is 0 Å². The third kappa shape index (κ3) is 2.13. The highest BCUT2D eigenvalue weighted by Gasteiger charge is 2.53. The molecule has 1 unspecified atom stereocenters. The molecular weight excluding hydrogens is 283 g/mol. The van der Waals surface area contributed by atoms with Crippen LogP contribution in [0.15, 0.2) is 0 Å². The second-order valence-electron chi connectivity index (χ2n) is 3.88. The molecule has 3 amide bonds. The van der Waals surface area contributed by atoms with Crippen LogP contribution in [-0.2, 0) is 4.79 Å². The first-order chi connectivity index (χ1) is 6.95. The molecule has 1 saturated heterocycles. The predicted octanol–water partition coefficient (Wildman–Crippen LogP) is 3.05. The molecule has 0 saturated carbocycles. The molecule has 1 rings (SSSR count). The number of urea groups is 1. The summed E-state index contributed by atoms with van der Waals surface area (Å²) in [4.78, 5) is 23.2. The third-order valence-corrected chi connectivity index (χ3v) is 4.06. The summed E-state index contributed by atoms with van der Waals surface area (Å²) < 4.78 is 1.88. The zero-order valence-corrected chi connectivity index (χ0v) is 11.1. The Morgan fingerprint density at radius 2 is 2.00 bits per heavy atom. The van der Waals surface area contributed by atoms with Gasteiger partial charge in [-0.1, -0.05) is 26.2 Å². The van der Waals surface area contributed by atoms with Gasteiger partial charge in [0.05, 0.1) is 16.1 Å². The van der Waals surface area contributed by atoms with E-state index in [0.717, 1.165) is 19.3 Å². The number of amides is 3. The summed E-state index contributed by atoms with van der Waals surface area (Å²) in [7, 11) is 0. The predicted molar refractivity (Wildman–Crippen MR) is 61.4 cm³/mol. The molecular formula is C9H14BrClN2O2. The van der Waals surface area contributed by atoms with Gasteiger partial charge in [0.15, 0.2) is 0 Å². The van der Waals surface area contributed by atoms with E-state index in [2.05, 4.69) is 23.1 Å². The van der Waals surface area contributed by atoms with Crippen LogP contribution in [0.1, 0.15) is 39.5 Å². The van der Waals surface area contributed by atoms with Crippen LogP contribution in [0.2, 0.25) is 0 Å². The second kappa shape index (κ2) is 4.70. The molecule has 1 heterocycles. The summed E-state index contributed by atoms with van der Waals surface area (Å²) in [6.07, 6.45) is 3.64. The summed E-state index contributed by atoms with van der Waals surface area (Å²) in [5, 5.41) is 0. The lowest BCUT2D eigenvalue weighted by molar-refractivity contribution is -0.128. The molecule has 15 heavy (non-hydrogen) atoms. The second-order valence-corrected chi connectivity index (χ2v) is 4.93. The van der Waals surface area contributed by atoms with E-state index in [1.807, 2.05) is 0 Å². The number of carbonyl (C=O) groups is 2. The molecule has 0 N–H and O–H groups in total. The van der Waals surface area contributed by atoms with Gasteiger partial charge in [0.1, 0.15) is 5.54 Å². The zero-order chi connectivity index (χ0) is 11.6. The zero-order valence-electron chi connectivity index (χ0n) is 8.80. The molecule has 0 aromatic carbocycles. The summed E-state index contributed by atoms with van der Waals surface area (Å²) >= 11 is 8.66. The number of unbranched alkanes of at least 4 members (excludes halogenated alkanes) is 2. The van der Waals surface area contributed by atoms with Crippen molar-refractivity contribution in [1.82, 2.24) is 8.34 Å². The standard InChI is InChI=1S/C9H14BrClN2O2/c1-3-4-5-6-9(2)7(14)12(11)8(15)13(9)10/h3-6H2,1-2H3. The van der Waals surface area contributed by atoms with Gasteiger partial charge in [0, 0.05) is 11.8 Å². The van der Waals surface area contributed by atoms with Crippen molar-refractivity contribution < 1.29 is 9.59 Å². The molecule has 0 bridgehead atoms. The third-order valence-electron chi connectivity index (χ3n) is 2.68. The molecule has 6 heteroatoms. The molecule has 0 aromatic rings. The van der Waals surface area contributed by atoms with Crippen molar-refractivity contribution >= 4 is 39.9 Å². The molecule has 0 spiro atoms. The number of carbonyl (C=O) groups excluding carboxylic acids is 2. The Balaban J connectivity index is 2.74. The Morgan fingerprint density at radius 1 is 1.40 bits per heavy atom. The van der Waals surface area contributed by atoms with Crippen molar-refractivity contribution in [2.45, 2.75) is 45.1 Å². The fourth-order valence-electron chi connectivity index (χ4n) is 1.59. The van der Waals surface area contributed by atoms with Gasteiger partial charge in [-0.05, 0) is 13.3 Å². The van der Waals surface area contributed by atoms with E-state index < -0.39 is 11.6 Å². The highest BCUT2D eigenvalue weighted by molar-refractivity contribution is 9.07. The van der Waals surface area contributed by atoms with Gasteiger partial charge in [-0.25, -0.2) is 8.72 Å². The van der Waals surface area contributed by atoms with Gasteiger partial charge in [-0.2, -0.15) is 4.42 Å². The Labute approximate surface area is 103 Å². The first-order valence-corrected chi connectivity index (χ1v) is 6.00. The number of hydrogen-bond acceptors (Lipinski definition) is 2. The molecule has 1 atom stereocenters. The minimum Gasteiger partial charge on any atom is -0.270 e. The quantitative estimate of drug-likeness (QED) is 0.454.